The van der Waals surface area contributed by atoms with E-state index >= 15 is 0 Å². The largest absolute Gasteiger partial charge is 0.323 e. The number of halogens is 2. The Morgan fingerprint density at radius 3 is 1.97 bits per heavy atom. The zero-order valence-corrected chi connectivity index (χ0v) is 17.1. The van der Waals surface area contributed by atoms with Crippen LogP contribution < -0.4 is 4.90 Å². The highest BCUT2D eigenvalue weighted by atomic mass is 19.1. The smallest absolute Gasteiger partial charge is 0.257 e. The van der Waals surface area contributed by atoms with Crippen LogP contribution in [0.4, 0.5) is 14.5 Å². The van der Waals surface area contributed by atoms with Crippen LogP contribution in [0.2, 0.25) is 0 Å². The van der Waals surface area contributed by atoms with Crippen LogP contribution in [0.25, 0.3) is 0 Å². The van der Waals surface area contributed by atoms with Gasteiger partial charge in [0.05, 0.1) is 12.1 Å². The molecule has 1 saturated carbocycles. The molecule has 3 amide bonds. The van der Waals surface area contributed by atoms with Gasteiger partial charge in [0.1, 0.15) is 17.7 Å². The molecule has 31 heavy (non-hydrogen) atoms. The molecule has 0 N–H and O–H groups in total. The van der Waals surface area contributed by atoms with Gasteiger partial charge in [0.2, 0.25) is 5.91 Å². The number of carbonyl (C=O) groups is 3. The summed E-state index contributed by atoms with van der Waals surface area (Å²) in [5, 5.41) is 0. The third kappa shape index (κ3) is 4.36. The van der Waals surface area contributed by atoms with E-state index in [1.54, 1.807) is 4.90 Å². The SMILES string of the molecule is O=C1CC(N(C(=O)c2ccc(F)cc2)C2CCCCCC2)C(=O)N1c1ccc(F)cc1. The molecule has 162 valence electrons. The zero-order valence-electron chi connectivity index (χ0n) is 17.1. The Hall–Kier alpha value is -3.09. The number of nitrogens with zero attached hydrogens (tertiary/aromatic N) is 2. The maximum Gasteiger partial charge on any atom is 0.257 e. The number of rotatable bonds is 4. The van der Waals surface area contributed by atoms with Crippen LogP contribution in [0.15, 0.2) is 48.5 Å². The summed E-state index contributed by atoms with van der Waals surface area (Å²) >= 11 is 0. The lowest BCUT2D eigenvalue weighted by atomic mass is 10.0. The lowest BCUT2D eigenvalue weighted by Gasteiger charge is -2.35. The van der Waals surface area contributed by atoms with Crippen molar-refractivity contribution in [2.24, 2.45) is 0 Å². The summed E-state index contributed by atoms with van der Waals surface area (Å²) in [5.74, 6) is -2.21. The molecule has 0 aromatic heterocycles. The highest BCUT2D eigenvalue weighted by Gasteiger charge is 2.46. The second-order valence-corrected chi connectivity index (χ2v) is 8.13. The van der Waals surface area contributed by atoms with E-state index in [2.05, 4.69) is 0 Å². The van der Waals surface area contributed by atoms with Crippen LogP contribution in [0, 0.1) is 11.6 Å². The molecule has 2 fully saturated rings. The molecule has 0 spiro atoms. The van der Waals surface area contributed by atoms with Crippen molar-refractivity contribution in [1.82, 2.24) is 4.90 Å². The third-order valence-electron chi connectivity index (χ3n) is 6.09. The molecule has 1 saturated heterocycles. The van der Waals surface area contributed by atoms with Crippen molar-refractivity contribution in [1.29, 1.82) is 0 Å². The summed E-state index contributed by atoms with van der Waals surface area (Å²) in [5.41, 5.74) is 0.570. The predicted octanol–water partition coefficient (Wildman–Crippen LogP) is 4.46. The minimum Gasteiger partial charge on any atom is -0.323 e. The number of hydrogen-bond acceptors (Lipinski definition) is 3. The van der Waals surface area contributed by atoms with E-state index < -0.39 is 29.5 Å². The van der Waals surface area contributed by atoms with Crippen molar-refractivity contribution in [2.45, 2.75) is 57.0 Å². The molecule has 1 atom stereocenters. The van der Waals surface area contributed by atoms with Crippen LogP contribution in [0.3, 0.4) is 0 Å². The summed E-state index contributed by atoms with van der Waals surface area (Å²) in [4.78, 5) is 42.1. The molecule has 2 aromatic carbocycles. The maximum atomic E-state index is 13.5. The summed E-state index contributed by atoms with van der Waals surface area (Å²) in [7, 11) is 0. The van der Waals surface area contributed by atoms with Crippen molar-refractivity contribution in [3.8, 4) is 0 Å². The summed E-state index contributed by atoms with van der Waals surface area (Å²) < 4.78 is 26.7. The van der Waals surface area contributed by atoms with Crippen molar-refractivity contribution < 1.29 is 23.2 Å². The Morgan fingerprint density at radius 1 is 0.839 bits per heavy atom. The van der Waals surface area contributed by atoms with Gasteiger partial charge in [0, 0.05) is 11.6 Å². The van der Waals surface area contributed by atoms with Crippen LogP contribution in [0.5, 0.6) is 0 Å². The predicted molar refractivity (Wildman–Crippen MR) is 111 cm³/mol. The van der Waals surface area contributed by atoms with Gasteiger partial charge < -0.3 is 4.90 Å². The van der Waals surface area contributed by atoms with Crippen molar-refractivity contribution in [3.05, 3.63) is 65.7 Å². The molecule has 2 aliphatic rings. The van der Waals surface area contributed by atoms with Gasteiger partial charge >= 0.3 is 0 Å². The molecule has 1 aliphatic carbocycles. The first kappa shape index (κ1) is 21.2. The number of anilines is 1. The summed E-state index contributed by atoms with van der Waals surface area (Å²) in [6, 6.07) is 9.27. The van der Waals surface area contributed by atoms with Gasteiger partial charge in [-0.1, -0.05) is 25.7 Å². The summed E-state index contributed by atoms with van der Waals surface area (Å²) in [6.45, 7) is 0. The van der Waals surface area contributed by atoms with Gasteiger partial charge in [-0.3, -0.25) is 14.4 Å². The van der Waals surface area contributed by atoms with Gasteiger partial charge in [-0.05, 0) is 61.4 Å². The van der Waals surface area contributed by atoms with Crippen LogP contribution in [-0.4, -0.2) is 34.7 Å². The Kier molecular flexibility index (Phi) is 6.11. The molecule has 4 rings (SSSR count). The first-order chi connectivity index (χ1) is 15.0. The molecular weight excluding hydrogens is 402 g/mol. The minimum atomic E-state index is -0.932. The second kappa shape index (κ2) is 8.96. The van der Waals surface area contributed by atoms with Crippen LogP contribution in [0.1, 0.15) is 55.3 Å². The van der Waals surface area contributed by atoms with Crippen molar-refractivity contribution in [3.63, 3.8) is 0 Å². The topological polar surface area (TPSA) is 57.7 Å². The highest BCUT2D eigenvalue weighted by Crippen LogP contribution is 2.32. The number of amides is 3. The monoisotopic (exact) mass is 426 g/mol. The molecule has 7 heteroatoms. The van der Waals surface area contributed by atoms with Gasteiger partial charge in [-0.25, -0.2) is 13.7 Å². The standard InChI is InChI=1S/C24H24F2N2O3/c25-17-9-7-16(8-10-17)23(30)27(19-5-3-1-2-4-6-19)21-15-22(29)28(24(21)31)20-13-11-18(26)12-14-20/h7-14,19,21H,1-6,15H2. The summed E-state index contributed by atoms with van der Waals surface area (Å²) in [6.07, 6.45) is 5.38. The Morgan fingerprint density at radius 2 is 1.39 bits per heavy atom. The Bertz CT molecular complexity index is 967. The number of carbonyl (C=O) groups excluding carboxylic acids is 3. The molecule has 1 unspecified atom stereocenters. The molecule has 2 aromatic rings. The molecule has 1 heterocycles. The van der Waals surface area contributed by atoms with Crippen molar-refractivity contribution >= 4 is 23.4 Å². The van der Waals surface area contributed by atoms with E-state index in [9.17, 15) is 23.2 Å². The minimum absolute atomic E-state index is 0.125. The first-order valence-electron chi connectivity index (χ1n) is 10.7. The third-order valence-corrected chi connectivity index (χ3v) is 6.09. The van der Waals surface area contributed by atoms with Crippen LogP contribution in [-0.2, 0) is 9.59 Å². The van der Waals surface area contributed by atoms with Gasteiger partial charge in [-0.15, -0.1) is 0 Å². The average molecular weight is 426 g/mol. The number of imide groups is 1. The molecule has 1 aliphatic heterocycles. The maximum absolute atomic E-state index is 13.5. The normalized spacial score (nSPS) is 20.1. The van der Waals surface area contributed by atoms with E-state index in [0.717, 1.165) is 43.4 Å². The van der Waals surface area contributed by atoms with E-state index in [4.69, 9.17) is 0 Å². The average Bonchev–Trinajstić information content (AvgIpc) is 2.92. The van der Waals surface area contributed by atoms with Gasteiger partial charge in [0.15, 0.2) is 0 Å². The van der Waals surface area contributed by atoms with Crippen molar-refractivity contribution in [2.75, 3.05) is 4.90 Å². The number of hydrogen-bond donors (Lipinski definition) is 0. The molecule has 0 bridgehead atoms. The Labute approximate surface area is 179 Å². The molecular formula is C24H24F2N2O3. The van der Waals surface area contributed by atoms with E-state index in [1.165, 1.54) is 48.5 Å². The van der Waals surface area contributed by atoms with E-state index in [-0.39, 0.29) is 29.6 Å². The fraction of sp³-hybridized carbons (Fsp3) is 0.375. The lowest BCUT2D eigenvalue weighted by molar-refractivity contribution is -0.123. The first-order valence-corrected chi connectivity index (χ1v) is 10.7. The molecule has 0 radical (unpaired) electrons. The van der Waals surface area contributed by atoms with Gasteiger partial charge in [0.25, 0.3) is 11.8 Å². The Balaban J connectivity index is 1.68. The fourth-order valence-corrected chi connectivity index (χ4v) is 4.53. The second-order valence-electron chi connectivity index (χ2n) is 8.13. The van der Waals surface area contributed by atoms with Gasteiger partial charge in [-0.2, -0.15) is 0 Å². The van der Waals surface area contributed by atoms with E-state index in [1.807, 2.05) is 0 Å². The fourth-order valence-electron chi connectivity index (χ4n) is 4.53. The van der Waals surface area contributed by atoms with Crippen LogP contribution >= 0.6 is 0 Å². The number of benzene rings is 2. The lowest BCUT2D eigenvalue weighted by Crippen LogP contribution is -2.50. The van der Waals surface area contributed by atoms with E-state index in [0.29, 0.717) is 0 Å². The molecule has 5 nitrogen and oxygen atoms in total. The quantitative estimate of drug-likeness (QED) is 0.536. The zero-order chi connectivity index (χ0) is 22.0. The highest BCUT2D eigenvalue weighted by molar-refractivity contribution is 6.23.